The summed E-state index contributed by atoms with van der Waals surface area (Å²) in [5.41, 5.74) is 10.3. The van der Waals surface area contributed by atoms with Gasteiger partial charge in [-0.25, -0.2) is 4.98 Å². The SMILES string of the molecule is Cc1cc(C)c(-n2c(-c3coc4cc(C(C)C)ccc34)nc3ccccc32)c(C)c1. The summed E-state index contributed by atoms with van der Waals surface area (Å²) in [7, 11) is 0. The minimum absolute atomic E-state index is 0.463. The molecule has 150 valence electrons. The van der Waals surface area contributed by atoms with Crippen LogP contribution in [0.2, 0.25) is 0 Å². The van der Waals surface area contributed by atoms with Crippen LogP contribution >= 0.6 is 0 Å². The predicted molar refractivity (Wildman–Crippen MR) is 125 cm³/mol. The number of rotatable bonds is 3. The molecule has 0 fully saturated rings. The Balaban J connectivity index is 1.84. The van der Waals surface area contributed by atoms with E-state index in [1.165, 1.54) is 27.9 Å². The number of furan rings is 1. The van der Waals surface area contributed by atoms with Gasteiger partial charge in [-0.2, -0.15) is 0 Å². The average Bonchev–Trinajstić information content (AvgIpc) is 3.28. The number of aromatic nitrogens is 2. The molecule has 0 radical (unpaired) electrons. The molecule has 0 aliphatic rings. The van der Waals surface area contributed by atoms with Gasteiger partial charge in [-0.1, -0.05) is 55.8 Å². The first-order valence-corrected chi connectivity index (χ1v) is 10.5. The van der Waals surface area contributed by atoms with Gasteiger partial charge in [-0.05, 0) is 61.6 Å². The molecule has 0 amide bonds. The number of hydrogen-bond donors (Lipinski definition) is 0. The lowest BCUT2D eigenvalue weighted by atomic mass is 10.0. The van der Waals surface area contributed by atoms with Crippen LogP contribution in [0.15, 0.2) is 65.3 Å². The third-order valence-electron chi connectivity index (χ3n) is 5.93. The van der Waals surface area contributed by atoms with Gasteiger partial charge in [0.25, 0.3) is 0 Å². The Morgan fingerprint density at radius 1 is 0.900 bits per heavy atom. The molecule has 0 bridgehead atoms. The van der Waals surface area contributed by atoms with Crippen LogP contribution in [0.5, 0.6) is 0 Å². The van der Waals surface area contributed by atoms with Crippen molar-refractivity contribution >= 4 is 22.0 Å². The highest BCUT2D eigenvalue weighted by Crippen LogP contribution is 2.37. The van der Waals surface area contributed by atoms with Crippen LogP contribution in [-0.2, 0) is 0 Å². The Morgan fingerprint density at radius 3 is 2.37 bits per heavy atom. The predicted octanol–water partition coefficient (Wildman–Crippen LogP) is 7.49. The van der Waals surface area contributed by atoms with Crippen molar-refractivity contribution in [3.05, 3.63) is 83.1 Å². The summed E-state index contributed by atoms with van der Waals surface area (Å²) in [6.07, 6.45) is 1.85. The minimum Gasteiger partial charge on any atom is -0.464 e. The van der Waals surface area contributed by atoms with E-state index in [0.717, 1.165) is 33.4 Å². The number of imidazole rings is 1. The normalized spacial score (nSPS) is 11.8. The molecule has 2 aromatic heterocycles. The molecule has 0 aliphatic heterocycles. The van der Waals surface area contributed by atoms with Gasteiger partial charge >= 0.3 is 0 Å². The van der Waals surface area contributed by atoms with Gasteiger partial charge in [0.05, 0.1) is 22.3 Å². The van der Waals surface area contributed by atoms with Crippen LogP contribution < -0.4 is 0 Å². The average molecular weight is 395 g/mol. The molecule has 30 heavy (non-hydrogen) atoms. The lowest BCUT2D eigenvalue weighted by Crippen LogP contribution is -2.03. The van der Waals surface area contributed by atoms with Crippen molar-refractivity contribution in [1.29, 1.82) is 0 Å². The Hall–Kier alpha value is -3.33. The molecule has 5 rings (SSSR count). The highest BCUT2D eigenvalue weighted by Gasteiger charge is 2.20. The molecule has 3 nitrogen and oxygen atoms in total. The maximum Gasteiger partial charge on any atom is 0.149 e. The van der Waals surface area contributed by atoms with Gasteiger partial charge in [-0.15, -0.1) is 0 Å². The number of fused-ring (bicyclic) bond motifs is 2. The zero-order valence-corrected chi connectivity index (χ0v) is 18.2. The Kier molecular flexibility index (Phi) is 4.28. The topological polar surface area (TPSA) is 31.0 Å². The fraction of sp³-hybridized carbons (Fsp3) is 0.222. The highest BCUT2D eigenvalue weighted by atomic mass is 16.3. The van der Waals surface area contributed by atoms with Crippen LogP contribution in [-0.4, -0.2) is 9.55 Å². The number of hydrogen-bond acceptors (Lipinski definition) is 2. The second-order valence-electron chi connectivity index (χ2n) is 8.57. The van der Waals surface area contributed by atoms with Crippen LogP contribution in [0, 0.1) is 20.8 Å². The van der Waals surface area contributed by atoms with E-state index in [4.69, 9.17) is 9.40 Å². The molecule has 0 aliphatic carbocycles. The highest BCUT2D eigenvalue weighted by molar-refractivity contribution is 5.95. The van der Waals surface area contributed by atoms with E-state index in [2.05, 4.69) is 87.7 Å². The van der Waals surface area contributed by atoms with Gasteiger partial charge in [0.2, 0.25) is 0 Å². The van der Waals surface area contributed by atoms with E-state index < -0.39 is 0 Å². The molecule has 0 saturated heterocycles. The molecule has 0 N–H and O–H groups in total. The molecule has 0 saturated carbocycles. The quantitative estimate of drug-likeness (QED) is 0.317. The van der Waals surface area contributed by atoms with Crippen LogP contribution in [0.4, 0.5) is 0 Å². The van der Waals surface area contributed by atoms with Crippen molar-refractivity contribution in [2.45, 2.75) is 40.5 Å². The summed E-state index contributed by atoms with van der Waals surface area (Å²) in [6.45, 7) is 10.9. The van der Waals surface area contributed by atoms with Crippen molar-refractivity contribution in [3.63, 3.8) is 0 Å². The summed E-state index contributed by atoms with van der Waals surface area (Å²) in [4.78, 5) is 5.05. The lowest BCUT2D eigenvalue weighted by molar-refractivity contribution is 0.615. The van der Waals surface area contributed by atoms with E-state index >= 15 is 0 Å². The molecule has 3 aromatic carbocycles. The Morgan fingerprint density at radius 2 is 1.63 bits per heavy atom. The fourth-order valence-corrected chi connectivity index (χ4v) is 4.54. The molecule has 5 aromatic rings. The monoisotopic (exact) mass is 394 g/mol. The molecule has 0 unspecified atom stereocenters. The second kappa shape index (κ2) is 6.88. The largest absolute Gasteiger partial charge is 0.464 e. The molecule has 0 atom stereocenters. The van der Waals surface area contributed by atoms with E-state index in [0.29, 0.717) is 5.92 Å². The van der Waals surface area contributed by atoms with Gasteiger partial charge in [0.15, 0.2) is 0 Å². The van der Waals surface area contributed by atoms with E-state index in [-0.39, 0.29) is 0 Å². The first-order chi connectivity index (χ1) is 14.4. The lowest BCUT2D eigenvalue weighted by Gasteiger charge is -2.16. The number of aryl methyl sites for hydroxylation is 3. The van der Waals surface area contributed by atoms with Crippen molar-refractivity contribution in [3.8, 4) is 17.1 Å². The maximum atomic E-state index is 6.01. The zero-order chi connectivity index (χ0) is 21.0. The van der Waals surface area contributed by atoms with Crippen LogP contribution in [0.25, 0.3) is 39.1 Å². The molecular weight excluding hydrogens is 368 g/mol. The maximum absolute atomic E-state index is 6.01. The molecule has 3 heteroatoms. The number of para-hydroxylation sites is 2. The van der Waals surface area contributed by atoms with Gasteiger partial charge < -0.3 is 4.42 Å². The van der Waals surface area contributed by atoms with Crippen molar-refractivity contribution in [2.75, 3.05) is 0 Å². The smallest absolute Gasteiger partial charge is 0.149 e. The third kappa shape index (κ3) is 2.85. The molecule has 0 spiro atoms. The number of benzene rings is 3. The molecular formula is C27H26N2O. The third-order valence-corrected chi connectivity index (χ3v) is 5.93. The summed E-state index contributed by atoms with van der Waals surface area (Å²) >= 11 is 0. The summed E-state index contributed by atoms with van der Waals surface area (Å²) in [6, 6.07) is 19.3. The standard InChI is InChI=1S/C27H26N2O/c1-16(2)20-10-11-21-22(15-30-25(21)14-20)27-28-23-8-6-7-9-24(23)29(27)26-18(4)12-17(3)13-19(26)5/h6-16H,1-5H3. The number of nitrogens with zero attached hydrogens (tertiary/aromatic N) is 2. The van der Waals surface area contributed by atoms with E-state index in [1.54, 1.807) is 0 Å². The minimum atomic E-state index is 0.463. The van der Waals surface area contributed by atoms with Crippen LogP contribution in [0.3, 0.4) is 0 Å². The van der Waals surface area contributed by atoms with Crippen LogP contribution in [0.1, 0.15) is 42.0 Å². The van der Waals surface area contributed by atoms with Crippen molar-refractivity contribution in [1.82, 2.24) is 9.55 Å². The fourth-order valence-electron chi connectivity index (χ4n) is 4.54. The van der Waals surface area contributed by atoms with Gasteiger partial charge in [-0.3, -0.25) is 4.57 Å². The van der Waals surface area contributed by atoms with E-state index in [1.807, 2.05) is 12.3 Å². The Labute approximate surface area is 177 Å². The first kappa shape index (κ1) is 18.7. The summed E-state index contributed by atoms with van der Waals surface area (Å²) in [5, 5.41) is 1.10. The summed E-state index contributed by atoms with van der Waals surface area (Å²) < 4.78 is 8.30. The molecule has 2 heterocycles. The second-order valence-corrected chi connectivity index (χ2v) is 8.57. The van der Waals surface area contributed by atoms with Gasteiger partial charge in [0.1, 0.15) is 17.7 Å². The van der Waals surface area contributed by atoms with Crippen molar-refractivity contribution < 1.29 is 4.42 Å². The first-order valence-electron chi connectivity index (χ1n) is 10.5. The Bertz CT molecular complexity index is 1380. The summed E-state index contributed by atoms with van der Waals surface area (Å²) in [5.74, 6) is 1.38. The zero-order valence-electron chi connectivity index (χ0n) is 18.2. The van der Waals surface area contributed by atoms with E-state index in [9.17, 15) is 0 Å². The van der Waals surface area contributed by atoms with Gasteiger partial charge in [0, 0.05) is 5.39 Å². The van der Waals surface area contributed by atoms with Crippen molar-refractivity contribution in [2.24, 2.45) is 0 Å².